The number of halogens is 1. The van der Waals surface area contributed by atoms with Crippen LogP contribution in [0.5, 0.6) is 0 Å². The minimum Gasteiger partial charge on any atom is -0.387 e. The maximum absolute atomic E-state index is 11.8. The van der Waals surface area contributed by atoms with Crippen LogP contribution in [0.2, 0.25) is 0 Å². The summed E-state index contributed by atoms with van der Waals surface area (Å²) in [5.74, 6) is -0.166. The van der Waals surface area contributed by atoms with Crippen LogP contribution in [0.25, 0.3) is 0 Å². The molecule has 0 spiro atoms. The van der Waals surface area contributed by atoms with E-state index in [0.29, 0.717) is 4.88 Å². The van der Waals surface area contributed by atoms with Crippen molar-refractivity contribution in [3.05, 3.63) is 56.7 Å². The smallest absolute Gasteiger partial charge is 0.261 e. The Hall–Kier alpha value is -1.17. The zero-order valence-electron chi connectivity index (χ0n) is 9.47. The van der Waals surface area contributed by atoms with Gasteiger partial charge in [0.2, 0.25) is 0 Å². The zero-order valence-corrected chi connectivity index (χ0v) is 11.9. The third-order valence-electron chi connectivity index (χ3n) is 2.44. The Morgan fingerprint density at radius 1 is 1.28 bits per heavy atom. The molecule has 2 N–H and O–H groups in total. The van der Waals surface area contributed by atoms with Gasteiger partial charge in [-0.3, -0.25) is 4.79 Å². The molecule has 0 fully saturated rings. The molecule has 0 bridgehead atoms. The maximum atomic E-state index is 11.8. The molecule has 0 saturated heterocycles. The number of amides is 1. The van der Waals surface area contributed by atoms with Crippen LogP contribution in [-0.4, -0.2) is 17.6 Å². The predicted octanol–water partition coefficient (Wildman–Crippen LogP) is 2.97. The largest absolute Gasteiger partial charge is 0.387 e. The molecule has 1 heterocycles. The molecule has 94 valence electrons. The van der Waals surface area contributed by atoms with E-state index in [1.54, 1.807) is 6.07 Å². The van der Waals surface area contributed by atoms with Crippen LogP contribution < -0.4 is 5.32 Å². The summed E-state index contributed by atoms with van der Waals surface area (Å²) >= 11 is 4.67. The molecule has 0 aliphatic rings. The monoisotopic (exact) mass is 325 g/mol. The van der Waals surface area contributed by atoms with Gasteiger partial charge in [-0.05, 0) is 33.6 Å². The minimum atomic E-state index is -0.682. The normalized spacial score (nSPS) is 12.1. The van der Waals surface area contributed by atoms with Gasteiger partial charge in [0.25, 0.3) is 5.91 Å². The van der Waals surface area contributed by atoms with Crippen molar-refractivity contribution in [3.63, 3.8) is 0 Å². The van der Waals surface area contributed by atoms with Crippen LogP contribution in [-0.2, 0) is 0 Å². The highest BCUT2D eigenvalue weighted by molar-refractivity contribution is 9.11. The molecule has 1 unspecified atom stereocenters. The Morgan fingerprint density at radius 2 is 2.00 bits per heavy atom. The van der Waals surface area contributed by atoms with E-state index < -0.39 is 6.10 Å². The van der Waals surface area contributed by atoms with Gasteiger partial charge < -0.3 is 10.4 Å². The molecule has 0 radical (unpaired) electrons. The van der Waals surface area contributed by atoms with Gasteiger partial charge in [0.1, 0.15) is 0 Å². The summed E-state index contributed by atoms with van der Waals surface area (Å²) in [6.07, 6.45) is -0.682. The first kappa shape index (κ1) is 13.3. The van der Waals surface area contributed by atoms with E-state index in [1.807, 2.05) is 36.4 Å². The molecule has 2 aromatic rings. The van der Waals surface area contributed by atoms with E-state index in [4.69, 9.17) is 0 Å². The average molecular weight is 326 g/mol. The second-order valence-corrected chi connectivity index (χ2v) is 6.20. The molecule has 0 aliphatic heterocycles. The lowest BCUT2D eigenvalue weighted by Crippen LogP contribution is -2.27. The zero-order chi connectivity index (χ0) is 13.0. The Balaban J connectivity index is 1.90. The summed E-state index contributed by atoms with van der Waals surface area (Å²) in [7, 11) is 0. The van der Waals surface area contributed by atoms with Crippen molar-refractivity contribution < 1.29 is 9.90 Å². The van der Waals surface area contributed by atoms with Crippen LogP contribution in [0.4, 0.5) is 0 Å². The molecule has 18 heavy (non-hydrogen) atoms. The van der Waals surface area contributed by atoms with Crippen molar-refractivity contribution in [2.75, 3.05) is 6.54 Å². The summed E-state index contributed by atoms with van der Waals surface area (Å²) in [5.41, 5.74) is 0.796. The summed E-state index contributed by atoms with van der Waals surface area (Å²) in [4.78, 5) is 12.4. The van der Waals surface area contributed by atoms with Gasteiger partial charge in [-0.25, -0.2) is 0 Å². The number of benzene rings is 1. The standard InChI is InChI=1S/C13H12BrNO2S/c14-12-7-6-11(18-12)13(17)15-8-10(16)9-4-2-1-3-5-9/h1-7,10,16H,8H2,(H,15,17). The van der Waals surface area contributed by atoms with Crippen molar-refractivity contribution in [1.82, 2.24) is 5.32 Å². The van der Waals surface area contributed by atoms with Crippen molar-refractivity contribution >= 4 is 33.2 Å². The number of carbonyl (C=O) groups is 1. The van der Waals surface area contributed by atoms with Crippen LogP contribution in [0.15, 0.2) is 46.3 Å². The molecular weight excluding hydrogens is 314 g/mol. The van der Waals surface area contributed by atoms with E-state index in [-0.39, 0.29) is 12.5 Å². The number of hydrogen-bond acceptors (Lipinski definition) is 3. The second-order valence-electron chi connectivity index (χ2n) is 3.74. The average Bonchev–Trinajstić information content (AvgIpc) is 2.83. The highest BCUT2D eigenvalue weighted by Gasteiger charge is 2.11. The second kappa shape index (κ2) is 6.13. The Bertz CT molecular complexity index is 527. The van der Waals surface area contributed by atoms with Gasteiger partial charge in [0, 0.05) is 6.54 Å². The third-order valence-corrected chi connectivity index (χ3v) is 4.06. The number of hydrogen-bond donors (Lipinski definition) is 2. The molecule has 3 nitrogen and oxygen atoms in total. The fraction of sp³-hybridized carbons (Fsp3) is 0.154. The number of aliphatic hydroxyl groups excluding tert-OH is 1. The third kappa shape index (κ3) is 3.41. The molecule has 1 aromatic heterocycles. The first-order valence-electron chi connectivity index (χ1n) is 5.43. The molecule has 1 amide bonds. The predicted molar refractivity (Wildman–Crippen MR) is 75.8 cm³/mol. The molecule has 0 saturated carbocycles. The van der Waals surface area contributed by atoms with E-state index in [2.05, 4.69) is 21.2 Å². The summed E-state index contributed by atoms with van der Waals surface area (Å²) in [5, 5.41) is 12.6. The van der Waals surface area contributed by atoms with Gasteiger partial charge in [-0.2, -0.15) is 0 Å². The van der Waals surface area contributed by atoms with Gasteiger partial charge >= 0.3 is 0 Å². The maximum Gasteiger partial charge on any atom is 0.261 e. The molecular formula is C13H12BrNO2S. The summed E-state index contributed by atoms with van der Waals surface area (Å²) in [6, 6.07) is 12.8. The van der Waals surface area contributed by atoms with E-state index >= 15 is 0 Å². The van der Waals surface area contributed by atoms with Crippen molar-refractivity contribution in [3.8, 4) is 0 Å². The lowest BCUT2D eigenvalue weighted by molar-refractivity contribution is 0.0920. The quantitative estimate of drug-likeness (QED) is 0.907. The lowest BCUT2D eigenvalue weighted by Gasteiger charge is -2.11. The van der Waals surface area contributed by atoms with E-state index in [9.17, 15) is 9.90 Å². The van der Waals surface area contributed by atoms with Gasteiger partial charge in [-0.1, -0.05) is 30.3 Å². The summed E-state index contributed by atoms with van der Waals surface area (Å²) < 4.78 is 0.913. The highest BCUT2D eigenvalue weighted by atomic mass is 79.9. The van der Waals surface area contributed by atoms with Crippen LogP contribution in [0.1, 0.15) is 21.3 Å². The topological polar surface area (TPSA) is 49.3 Å². The highest BCUT2D eigenvalue weighted by Crippen LogP contribution is 2.22. The molecule has 1 atom stereocenters. The van der Waals surface area contributed by atoms with Gasteiger partial charge in [0.15, 0.2) is 0 Å². The van der Waals surface area contributed by atoms with Gasteiger partial charge in [0.05, 0.1) is 14.8 Å². The lowest BCUT2D eigenvalue weighted by atomic mass is 10.1. The van der Waals surface area contributed by atoms with Gasteiger partial charge in [-0.15, -0.1) is 11.3 Å². The van der Waals surface area contributed by atoms with Crippen molar-refractivity contribution in [2.24, 2.45) is 0 Å². The Kier molecular flexibility index (Phi) is 4.52. The Morgan fingerprint density at radius 3 is 2.61 bits per heavy atom. The Labute approximate surface area is 118 Å². The van der Waals surface area contributed by atoms with E-state index in [0.717, 1.165) is 9.35 Å². The molecule has 1 aromatic carbocycles. The molecule has 5 heteroatoms. The number of rotatable bonds is 4. The number of carbonyl (C=O) groups excluding carboxylic acids is 1. The first-order valence-corrected chi connectivity index (χ1v) is 7.04. The minimum absolute atomic E-state index is 0.166. The van der Waals surface area contributed by atoms with Crippen LogP contribution >= 0.6 is 27.3 Å². The summed E-state index contributed by atoms with van der Waals surface area (Å²) in [6.45, 7) is 0.207. The fourth-order valence-electron chi connectivity index (χ4n) is 1.51. The number of thiophene rings is 1. The van der Waals surface area contributed by atoms with Crippen LogP contribution in [0.3, 0.4) is 0 Å². The number of aliphatic hydroxyl groups is 1. The van der Waals surface area contributed by atoms with Crippen LogP contribution in [0, 0.1) is 0 Å². The molecule has 2 rings (SSSR count). The fourth-order valence-corrected chi connectivity index (χ4v) is 2.81. The van der Waals surface area contributed by atoms with Crippen molar-refractivity contribution in [2.45, 2.75) is 6.10 Å². The number of nitrogens with one attached hydrogen (secondary N) is 1. The first-order chi connectivity index (χ1) is 8.66. The molecule has 0 aliphatic carbocycles. The van der Waals surface area contributed by atoms with Crippen molar-refractivity contribution in [1.29, 1.82) is 0 Å². The SMILES string of the molecule is O=C(NCC(O)c1ccccc1)c1ccc(Br)s1. The van der Waals surface area contributed by atoms with E-state index in [1.165, 1.54) is 11.3 Å².